The maximum absolute atomic E-state index is 14.2. The van der Waals surface area contributed by atoms with E-state index in [1.807, 2.05) is 0 Å². The maximum atomic E-state index is 14.2. The molecule has 0 saturated carbocycles. The molecule has 0 spiro atoms. The van der Waals surface area contributed by atoms with Crippen molar-refractivity contribution < 1.29 is 4.39 Å². The van der Waals surface area contributed by atoms with Crippen LogP contribution in [0.2, 0.25) is 5.02 Å². The number of fused-ring (bicyclic) bond motifs is 1. The number of H-pyrrole nitrogens is 1. The molecule has 0 amide bonds. The van der Waals surface area contributed by atoms with E-state index in [2.05, 4.69) is 25.6 Å². The van der Waals surface area contributed by atoms with Gasteiger partial charge in [-0.05, 0) is 18.2 Å². The second kappa shape index (κ2) is 4.02. The van der Waals surface area contributed by atoms with Gasteiger partial charge in [0.15, 0.2) is 6.33 Å². The summed E-state index contributed by atoms with van der Waals surface area (Å²) < 4.78 is 14.2. The van der Waals surface area contributed by atoms with Crippen molar-refractivity contribution in [3.05, 3.63) is 35.0 Å². The third-order valence-electron chi connectivity index (χ3n) is 2.80. The predicted molar refractivity (Wildman–Crippen MR) is 62.7 cm³/mol. The SMILES string of the molecule is CC(c1c(F)c(Cl)cc2cn[nH]c12)n1ncnn1. The van der Waals surface area contributed by atoms with Crippen LogP contribution in [0.4, 0.5) is 4.39 Å². The van der Waals surface area contributed by atoms with Crippen LogP contribution >= 0.6 is 11.6 Å². The molecular formula is C10H8ClFN6. The minimum atomic E-state index is -0.502. The van der Waals surface area contributed by atoms with E-state index >= 15 is 0 Å². The van der Waals surface area contributed by atoms with Gasteiger partial charge in [0.05, 0.1) is 16.7 Å². The maximum Gasteiger partial charge on any atom is 0.162 e. The van der Waals surface area contributed by atoms with Gasteiger partial charge in [0, 0.05) is 10.9 Å². The molecule has 0 radical (unpaired) electrons. The monoisotopic (exact) mass is 266 g/mol. The highest BCUT2D eigenvalue weighted by atomic mass is 35.5. The molecule has 92 valence electrons. The Morgan fingerprint density at radius 3 is 3.06 bits per heavy atom. The highest BCUT2D eigenvalue weighted by Gasteiger charge is 2.21. The standard InChI is InChI=1S/C10H8ClFN6/c1-5(18-15-4-14-17-18)8-9(12)7(11)2-6-3-13-16-10(6)8/h2-5H,1H3,(H,13,16). The second-order valence-corrected chi connectivity index (χ2v) is 4.26. The van der Waals surface area contributed by atoms with Crippen LogP contribution in [0.1, 0.15) is 18.5 Å². The van der Waals surface area contributed by atoms with Gasteiger partial charge >= 0.3 is 0 Å². The van der Waals surface area contributed by atoms with E-state index < -0.39 is 11.9 Å². The second-order valence-electron chi connectivity index (χ2n) is 3.85. The molecule has 1 N–H and O–H groups in total. The number of halogens is 2. The first kappa shape index (κ1) is 11.1. The number of nitrogens with zero attached hydrogens (tertiary/aromatic N) is 5. The Labute approximate surface area is 106 Å². The predicted octanol–water partition coefficient (Wildman–Crippen LogP) is 1.95. The van der Waals surface area contributed by atoms with Crippen LogP contribution in [-0.2, 0) is 0 Å². The summed E-state index contributed by atoms with van der Waals surface area (Å²) in [6, 6.07) is 1.09. The van der Waals surface area contributed by atoms with Crippen molar-refractivity contribution in [1.29, 1.82) is 0 Å². The summed E-state index contributed by atoms with van der Waals surface area (Å²) in [5.41, 5.74) is 0.953. The van der Waals surface area contributed by atoms with Gasteiger partial charge in [-0.25, -0.2) is 4.39 Å². The first-order chi connectivity index (χ1) is 8.68. The van der Waals surface area contributed by atoms with E-state index in [0.717, 1.165) is 5.39 Å². The van der Waals surface area contributed by atoms with Gasteiger partial charge in [-0.1, -0.05) is 11.6 Å². The molecule has 2 aromatic heterocycles. The van der Waals surface area contributed by atoms with Gasteiger partial charge in [-0.15, -0.1) is 10.2 Å². The van der Waals surface area contributed by atoms with E-state index in [1.165, 1.54) is 17.2 Å². The molecule has 18 heavy (non-hydrogen) atoms. The smallest absolute Gasteiger partial charge is 0.162 e. The van der Waals surface area contributed by atoms with Crippen LogP contribution in [0.15, 0.2) is 18.6 Å². The van der Waals surface area contributed by atoms with Crippen molar-refractivity contribution >= 4 is 22.5 Å². The lowest BCUT2D eigenvalue weighted by atomic mass is 10.0. The van der Waals surface area contributed by atoms with Crippen molar-refractivity contribution in [2.45, 2.75) is 13.0 Å². The third-order valence-corrected chi connectivity index (χ3v) is 3.07. The molecule has 0 fully saturated rings. The number of tetrazole rings is 1. The Kier molecular flexibility index (Phi) is 2.48. The first-order valence-electron chi connectivity index (χ1n) is 5.22. The summed E-state index contributed by atoms with van der Waals surface area (Å²) in [6.45, 7) is 1.76. The molecule has 1 aromatic carbocycles. The zero-order chi connectivity index (χ0) is 12.7. The Morgan fingerprint density at radius 2 is 2.33 bits per heavy atom. The largest absolute Gasteiger partial charge is 0.277 e. The number of aromatic nitrogens is 6. The van der Waals surface area contributed by atoms with E-state index in [0.29, 0.717) is 11.1 Å². The van der Waals surface area contributed by atoms with Crippen molar-refractivity contribution in [3.8, 4) is 0 Å². The molecule has 3 aromatic rings. The summed E-state index contributed by atoms with van der Waals surface area (Å²) in [6.07, 6.45) is 2.88. The fourth-order valence-electron chi connectivity index (χ4n) is 1.92. The molecule has 2 heterocycles. The molecule has 0 aliphatic heterocycles. The fraction of sp³-hybridized carbons (Fsp3) is 0.200. The first-order valence-corrected chi connectivity index (χ1v) is 5.59. The lowest BCUT2D eigenvalue weighted by Gasteiger charge is -2.13. The van der Waals surface area contributed by atoms with Gasteiger partial charge < -0.3 is 0 Å². The normalized spacial score (nSPS) is 13.1. The molecular weight excluding hydrogens is 259 g/mol. The molecule has 8 heteroatoms. The summed E-state index contributed by atoms with van der Waals surface area (Å²) >= 11 is 5.87. The van der Waals surface area contributed by atoms with Crippen LogP contribution < -0.4 is 0 Å². The molecule has 3 rings (SSSR count). The zero-order valence-electron chi connectivity index (χ0n) is 9.30. The topological polar surface area (TPSA) is 72.3 Å². The minimum absolute atomic E-state index is 0.0471. The van der Waals surface area contributed by atoms with Gasteiger partial charge in [0.2, 0.25) is 0 Å². The van der Waals surface area contributed by atoms with Crippen LogP contribution in [0.25, 0.3) is 10.9 Å². The quantitative estimate of drug-likeness (QED) is 0.769. The molecule has 1 atom stereocenters. The molecule has 0 aliphatic rings. The van der Waals surface area contributed by atoms with Crippen LogP contribution in [0.5, 0.6) is 0 Å². The van der Waals surface area contributed by atoms with E-state index in [-0.39, 0.29) is 5.02 Å². The van der Waals surface area contributed by atoms with Gasteiger partial charge in [-0.2, -0.15) is 9.90 Å². The molecule has 6 nitrogen and oxygen atoms in total. The Morgan fingerprint density at radius 1 is 1.50 bits per heavy atom. The Hall–Kier alpha value is -2.02. The van der Waals surface area contributed by atoms with Gasteiger partial charge in [-0.3, -0.25) is 5.10 Å². The fourth-order valence-corrected chi connectivity index (χ4v) is 2.14. The van der Waals surface area contributed by atoms with Crippen LogP contribution in [0, 0.1) is 5.82 Å². The van der Waals surface area contributed by atoms with Crippen LogP contribution in [-0.4, -0.2) is 30.4 Å². The van der Waals surface area contributed by atoms with Crippen LogP contribution in [0.3, 0.4) is 0 Å². The lowest BCUT2D eigenvalue weighted by Crippen LogP contribution is -2.13. The van der Waals surface area contributed by atoms with Gasteiger partial charge in [0.25, 0.3) is 0 Å². The Bertz CT molecular complexity index is 692. The average molecular weight is 267 g/mol. The third kappa shape index (κ3) is 1.55. The van der Waals surface area contributed by atoms with E-state index in [4.69, 9.17) is 11.6 Å². The summed E-state index contributed by atoms with van der Waals surface area (Å²) in [4.78, 5) is 1.31. The molecule has 0 aliphatic carbocycles. The van der Waals surface area contributed by atoms with E-state index in [1.54, 1.807) is 13.1 Å². The lowest BCUT2D eigenvalue weighted by molar-refractivity contribution is 0.462. The summed E-state index contributed by atoms with van der Waals surface area (Å²) in [7, 11) is 0. The van der Waals surface area contributed by atoms with Crippen molar-refractivity contribution in [1.82, 2.24) is 30.4 Å². The van der Waals surface area contributed by atoms with Crippen molar-refractivity contribution in [2.75, 3.05) is 0 Å². The molecule has 1 unspecified atom stereocenters. The average Bonchev–Trinajstić information content (AvgIpc) is 2.99. The number of nitrogens with one attached hydrogen (secondary N) is 1. The zero-order valence-corrected chi connectivity index (χ0v) is 10.1. The molecule has 0 bridgehead atoms. The highest BCUT2D eigenvalue weighted by Crippen LogP contribution is 2.31. The summed E-state index contributed by atoms with van der Waals surface area (Å²) in [5, 5.41) is 18.7. The van der Waals surface area contributed by atoms with Crippen molar-refractivity contribution in [3.63, 3.8) is 0 Å². The highest BCUT2D eigenvalue weighted by molar-refractivity contribution is 6.31. The van der Waals surface area contributed by atoms with Gasteiger partial charge in [0.1, 0.15) is 11.9 Å². The number of aromatic amines is 1. The van der Waals surface area contributed by atoms with Crippen molar-refractivity contribution in [2.24, 2.45) is 0 Å². The number of benzene rings is 1. The number of rotatable bonds is 2. The van der Waals surface area contributed by atoms with E-state index in [9.17, 15) is 4.39 Å². The number of hydrogen-bond donors (Lipinski definition) is 1. The molecule has 0 saturated heterocycles. The Balaban J connectivity index is 2.27. The number of hydrogen-bond acceptors (Lipinski definition) is 4. The summed E-state index contributed by atoms with van der Waals surface area (Å²) in [5.74, 6) is -0.502. The minimum Gasteiger partial charge on any atom is -0.277 e.